The topological polar surface area (TPSA) is 141 Å². The molecule has 1 heterocycles. The maximum atomic E-state index is 11.9. The molecule has 13 heteroatoms. The van der Waals surface area contributed by atoms with Gasteiger partial charge in [0, 0.05) is 12.6 Å². The van der Waals surface area contributed by atoms with E-state index < -0.39 is 21.7 Å². The maximum Gasteiger partial charge on any atom is 0.472 e. The van der Waals surface area contributed by atoms with Gasteiger partial charge in [-0.2, -0.15) is 0 Å². The van der Waals surface area contributed by atoms with Crippen molar-refractivity contribution in [2.45, 2.75) is 50.8 Å². The Kier molecular flexibility index (Phi) is 10.4. The number of aliphatic hydroxyl groups excluding tert-OH is 1. The number of phosphoric ester groups is 2. The molecule has 0 aromatic rings. The third kappa shape index (κ3) is 9.63. The fourth-order valence-corrected chi connectivity index (χ4v) is 4.07. The SMILES string of the molecule is BC1CC(OP(=O)(O)OCCCOP(=O)(O)OCCCO)C(CC)O1. The predicted octanol–water partition coefficient (Wildman–Crippen LogP) is 0.553. The van der Waals surface area contributed by atoms with Crippen LogP contribution in [0.4, 0.5) is 0 Å². The largest absolute Gasteiger partial charge is 0.472 e. The Hall–Kier alpha value is 0.205. The highest BCUT2D eigenvalue weighted by Crippen LogP contribution is 2.48. The van der Waals surface area contributed by atoms with Crippen LogP contribution >= 0.6 is 15.6 Å². The molecule has 0 aromatic carbocycles. The molecule has 0 aliphatic carbocycles. The molecule has 3 N–H and O–H groups in total. The molecule has 0 bridgehead atoms. The molecule has 1 aliphatic rings. The monoisotopic (exact) mass is 404 g/mol. The van der Waals surface area contributed by atoms with Gasteiger partial charge >= 0.3 is 15.6 Å². The van der Waals surface area contributed by atoms with Crippen LogP contribution in [0, 0.1) is 0 Å². The second kappa shape index (κ2) is 11.1. The summed E-state index contributed by atoms with van der Waals surface area (Å²) in [4.78, 5) is 19.1. The van der Waals surface area contributed by atoms with Gasteiger partial charge in [-0.3, -0.25) is 18.1 Å². The molecule has 0 amide bonds. The van der Waals surface area contributed by atoms with Crippen LogP contribution in [0.2, 0.25) is 0 Å². The van der Waals surface area contributed by atoms with Crippen molar-refractivity contribution in [2.75, 3.05) is 26.4 Å². The number of rotatable bonds is 13. The van der Waals surface area contributed by atoms with Crippen LogP contribution in [0.5, 0.6) is 0 Å². The fourth-order valence-electron chi connectivity index (χ4n) is 2.29. The van der Waals surface area contributed by atoms with Crippen LogP contribution in [0.25, 0.3) is 0 Å². The highest BCUT2D eigenvalue weighted by Gasteiger charge is 2.38. The lowest BCUT2D eigenvalue weighted by molar-refractivity contribution is 0.0218. The van der Waals surface area contributed by atoms with Crippen LogP contribution < -0.4 is 0 Å². The molecule has 1 aliphatic heterocycles. The highest BCUT2D eigenvalue weighted by molar-refractivity contribution is 7.47. The zero-order valence-corrected chi connectivity index (χ0v) is 16.3. The van der Waals surface area contributed by atoms with E-state index in [4.69, 9.17) is 18.9 Å². The number of hydrogen-bond donors (Lipinski definition) is 3. The van der Waals surface area contributed by atoms with E-state index in [0.29, 0.717) is 12.8 Å². The Morgan fingerprint density at radius 1 is 1.08 bits per heavy atom. The average Bonchev–Trinajstić information content (AvgIpc) is 2.85. The quantitative estimate of drug-likeness (QED) is 0.226. The van der Waals surface area contributed by atoms with Gasteiger partial charge in [-0.15, -0.1) is 0 Å². The maximum absolute atomic E-state index is 11.9. The first-order valence-corrected chi connectivity index (χ1v) is 11.2. The first-order chi connectivity index (χ1) is 11.7. The van der Waals surface area contributed by atoms with E-state index in [2.05, 4.69) is 9.05 Å². The van der Waals surface area contributed by atoms with Gasteiger partial charge in [0.05, 0.1) is 32.0 Å². The van der Waals surface area contributed by atoms with Gasteiger partial charge < -0.3 is 19.6 Å². The summed E-state index contributed by atoms with van der Waals surface area (Å²) in [5, 5.41) is 8.56. The zero-order chi connectivity index (χ0) is 18.9. The van der Waals surface area contributed by atoms with Crippen molar-refractivity contribution in [3.05, 3.63) is 0 Å². The second-order valence-corrected chi connectivity index (χ2v) is 8.50. The summed E-state index contributed by atoms with van der Waals surface area (Å²) in [5.41, 5.74) is 0. The Bertz CT molecular complexity index is 479. The zero-order valence-electron chi connectivity index (χ0n) is 14.5. The molecule has 5 unspecified atom stereocenters. The molecule has 10 nitrogen and oxygen atoms in total. The van der Waals surface area contributed by atoms with Gasteiger partial charge in [0.25, 0.3) is 0 Å². The van der Waals surface area contributed by atoms with Crippen LogP contribution in [-0.2, 0) is 32.0 Å². The molecule has 0 saturated carbocycles. The van der Waals surface area contributed by atoms with E-state index in [1.54, 1.807) is 0 Å². The second-order valence-electron chi connectivity index (χ2n) is 5.64. The van der Waals surface area contributed by atoms with Gasteiger partial charge in [-0.25, -0.2) is 9.13 Å². The average molecular weight is 404 g/mol. The van der Waals surface area contributed by atoms with Crippen molar-refractivity contribution < 1.29 is 46.9 Å². The molecule has 148 valence electrons. The van der Waals surface area contributed by atoms with Crippen LogP contribution in [0.15, 0.2) is 0 Å². The van der Waals surface area contributed by atoms with E-state index in [1.165, 1.54) is 0 Å². The summed E-state index contributed by atoms with van der Waals surface area (Å²) in [6.45, 7) is 1.23. The highest BCUT2D eigenvalue weighted by atomic mass is 31.2. The van der Waals surface area contributed by atoms with Crippen LogP contribution in [0.1, 0.15) is 32.6 Å². The minimum absolute atomic E-state index is 0.0483. The molecule has 5 atom stereocenters. The lowest BCUT2D eigenvalue weighted by atomic mass is 9.96. The van der Waals surface area contributed by atoms with Crippen molar-refractivity contribution in [3.8, 4) is 0 Å². The molecule has 0 aromatic heterocycles. The minimum atomic E-state index is -4.25. The first kappa shape index (κ1) is 23.2. The van der Waals surface area contributed by atoms with Gasteiger partial charge in [0.2, 0.25) is 0 Å². The third-order valence-corrected chi connectivity index (χ3v) is 5.48. The summed E-state index contributed by atoms with van der Waals surface area (Å²) in [6, 6.07) is -0.0483. The van der Waals surface area contributed by atoms with E-state index in [0.717, 1.165) is 0 Å². The normalized spacial score (nSPS) is 28.6. The first-order valence-electron chi connectivity index (χ1n) is 8.23. The molecular weight excluding hydrogens is 377 g/mol. The van der Waals surface area contributed by atoms with Crippen molar-refractivity contribution in [1.29, 1.82) is 0 Å². The summed E-state index contributed by atoms with van der Waals surface area (Å²) >= 11 is 0. The molecule has 1 rings (SSSR count). The Balaban J connectivity index is 2.23. The lowest BCUT2D eigenvalue weighted by Crippen LogP contribution is -2.23. The van der Waals surface area contributed by atoms with Crippen molar-refractivity contribution in [2.24, 2.45) is 0 Å². The van der Waals surface area contributed by atoms with Crippen LogP contribution in [0.3, 0.4) is 0 Å². The molecule has 0 spiro atoms. The van der Waals surface area contributed by atoms with E-state index in [9.17, 15) is 18.9 Å². The summed E-state index contributed by atoms with van der Waals surface area (Å²) in [6.07, 6.45) is 0.712. The summed E-state index contributed by atoms with van der Waals surface area (Å²) < 4.78 is 48.2. The predicted molar refractivity (Wildman–Crippen MR) is 90.8 cm³/mol. The van der Waals surface area contributed by atoms with Crippen molar-refractivity contribution in [1.82, 2.24) is 0 Å². The van der Waals surface area contributed by atoms with Gasteiger partial charge in [-0.1, -0.05) is 6.92 Å². The number of aliphatic hydroxyl groups is 1. The van der Waals surface area contributed by atoms with Gasteiger partial charge in [0.1, 0.15) is 7.85 Å². The number of phosphoric acid groups is 2. The van der Waals surface area contributed by atoms with Crippen LogP contribution in [-0.4, -0.2) is 67.4 Å². The molecule has 1 fully saturated rings. The molecule has 1 saturated heterocycles. The number of hydrogen-bond acceptors (Lipinski definition) is 8. The fraction of sp³-hybridized carbons (Fsp3) is 1.00. The van der Waals surface area contributed by atoms with Crippen molar-refractivity contribution >= 4 is 23.5 Å². The Morgan fingerprint density at radius 3 is 2.20 bits per heavy atom. The molecule has 25 heavy (non-hydrogen) atoms. The summed E-state index contributed by atoms with van der Waals surface area (Å²) in [5.74, 6) is 0. The smallest absolute Gasteiger partial charge is 0.396 e. The Labute approximate surface area is 148 Å². The van der Waals surface area contributed by atoms with E-state index in [1.807, 2.05) is 14.8 Å². The number of ether oxygens (including phenoxy) is 1. The lowest BCUT2D eigenvalue weighted by Gasteiger charge is -2.20. The van der Waals surface area contributed by atoms with Crippen molar-refractivity contribution in [3.63, 3.8) is 0 Å². The third-order valence-electron chi connectivity index (χ3n) is 3.41. The Morgan fingerprint density at radius 2 is 1.64 bits per heavy atom. The van der Waals surface area contributed by atoms with E-state index >= 15 is 0 Å². The van der Waals surface area contributed by atoms with E-state index in [-0.39, 0.29) is 51.4 Å². The minimum Gasteiger partial charge on any atom is -0.396 e. The van der Waals surface area contributed by atoms with Gasteiger partial charge in [-0.05, 0) is 25.7 Å². The molecular formula is C12H27BO10P2. The standard InChI is InChI=1S/C12H27BO10P2/c1-2-10-11(9-12(13)22-10)23-25(17,18)21-8-4-7-20-24(15,16)19-6-3-5-14/h10-12,14H,2-9,13H2,1H3,(H,15,16)(H,17,18). The molecule has 0 radical (unpaired) electrons. The van der Waals surface area contributed by atoms with Gasteiger partial charge in [0.15, 0.2) is 0 Å². The summed E-state index contributed by atoms with van der Waals surface area (Å²) in [7, 11) is -6.58.